The summed E-state index contributed by atoms with van der Waals surface area (Å²) in [6, 6.07) is 13.5. The summed E-state index contributed by atoms with van der Waals surface area (Å²) < 4.78 is 5.36. The number of halogens is 1. The molecule has 21 heavy (non-hydrogen) atoms. The first-order valence-corrected chi connectivity index (χ1v) is 7.22. The summed E-state index contributed by atoms with van der Waals surface area (Å²) in [6.45, 7) is 2.40. The van der Waals surface area contributed by atoms with Crippen LogP contribution in [0.1, 0.15) is 24.2 Å². The third-order valence-corrected chi connectivity index (χ3v) is 3.83. The summed E-state index contributed by atoms with van der Waals surface area (Å²) in [4.78, 5) is 2.06. The van der Waals surface area contributed by atoms with Gasteiger partial charge in [0.1, 0.15) is 5.75 Å². The topological polar surface area (TPSA) is 32.7 Å². The lowest BCUT2D eigenvalue weighted by molar-refractivity contribution is 0.194. The van der Waals surface area contributed by atoms with Gasteiger partial charge in [-0.1, -0.05) is 35.9 Å². The first kappa shape index (κ1) is 15.7. The fourth-order valence-electron chi connectivity index (χ4n) is 2.43. The highest BCUT2D eigenvalue weighted by Gasteiger charge is 2.17. The summed E-state index contributed by atoms with van der Waals surface area (Å²) in [5.74, 6) is 0.688. The number of ether oxygens (including phenoxy) is 1. The van der Waals surface area contributed by atoms with E-state index in [0.717, 1.165) is 21.8 Å². The minimum Gasteiger partial charge on any atom is -0.496 e. The lowest BCUT2D eigenvalue weighted by atomic mass is 10.1. The van der Waals surface area contributed by atoms with Crippen molar-refractivity contribution in [2.24, 2.45) is 0 Å². The Kier molecular flexibility index (Phi) is 5.10. The van der Waals surface area contributed by atoms with Crippen molar-refractivity contribution in [2.45, 2.75) is 19.6 Å². The SMILES string of the molecule is COc1cccc(N(C)Cc2ccccc2Cl)c1[C@@H](C)O. The van der Waals surface area contributed by atoms with E-state index in [1.54, 1.807) is 14.0 Å². The van der Waals surface area contributed by atoms with Crippen molar-refractivity contribution in [3.05, 3.63) is 58.6 Å². The number of nitrogens with zero attached hydrogens (tertiary/aromatic N) is 1. The number of hydrogen-bond acceptors (Lipinski definition) is 3. The molecule has 0 bridgehead atoms. The number of benzene rings is 2. The molecule has 1 atom stereocenters. The maximum absolute atomic E-state index is 10.1. The average molecular weight is 306 g/mol. The van der Waals surface area contributed by atoms with Crippen molar-refractivity contribution in [3.8, 4) is 5.75 Å². The smallest absolute Gasteiger partial charge is 0.126 e. The van der Waals surface area contributed by atoms with Crippen LogP contribution in [0.25, 0.3) is 0 Å². The molecular formula is C17H20ClNO2. The molecule has 0 amide bonds. The molecule has 112 valence electrons. The molecular weight excluding hydrogens is 286 g/mol. The third kappa shape index (κ3) is 3.49. The number of aliphatic hydroxyl groups is 1. The number of rotatable bonds is 5. The summed E-state index contributed by atoms with van der Waals surface area (Å²) in [7, 11) is 3.59. The Morgan fingerprint density at radius 3 is 2.52 bits per heavy atom. The Balaban J connectivity index is 2.35. The van der Waals surface area contributed by atoms with Crippen LogP contribution < -0.4 is 9.64 Å². The Labute approximate surface area is 130 Å². The second kappa shape index (κ2) is 6.83. The molecule has 2 aromatic rings. The monoisotopic (exact) mass is 305 g/mol. The average Bonchev–Trinajstić information content (AvgIpc) is 2.48. The second-order valence-electron chi connectivity index (χ2n) is 5.02. The molecule has 3 nitrogen and oxygen atoms in total. The van der Waals surface area contributed by atoms with Crippen LogP contribution >= 0.6 is 11.6 Å². The van der Waals surface area contributed by atoms with E-state index in [-0.39, 0.29) is 0 Å². The van der Waals surface area contributed by atoms with Gasteiger partial charge in [0.15, 0.2) is 0 Å². The zero-order chi connectivity index (χ0) is 15.4. The van der Waals surface area contributed by atoms with Gasteiger partial charge in [-0.3, -0.25) is 0 Å². The summed E-state index contributed by atoms with van der Waals surface area (Å²) in [5.41, 5.74) is 2.76. The van der Waals surface area contributed by atoms with E-state index in [4.69, 9.17) is 16.3 Å². The maximum Gasteiger partial charge on any atom is 0.126 e. The summed E-state index contributed by atoms with van der Waals surface area (Å²) in [6.07, 6.45) is -0.607. The van der Waals surface area contributed by atoms with Crippen LogP contribution in [-0.4, -0.2) is 19.3 Å². The van der Waals surface area contributed by atoms with Gasteiger partial charge in [0, 0.05) is 29.9 Å². The lowest BCUT2D eigenvalue weighted by Gasteiger charge is -2.25. The summed E-state index contributed by atoms with van der Waals surface area (Å²) in [5, 5.41) is 10.8. The Hall–Kier alpha value is -1.71. The fourth-order valence-corrected chi connectivity index (χ4v) is 2.63. The van der Waals surface area contributed by atoms with Crippen LogP contribution in [0, 0.1) is 0 Å². The molecule has 0 aliphatic rings. The molecule has 1 N–H and O–H groups in total. The van der Waals surface area contributed by atoms with E-state index in [0.29, 0.717) is 12.3 Å². The van der Waals surface area contributed by atoms with E-state index in [2.05, 4.69) is 4.90 Å². The van der Waals surface area contributed by atoms with Gasteiger partial charge >= 0.3 is 0 Å². The Bertz CT molecular complexity index is 613. The molecule has 0 saturated heterocycles. The number of methoxy groups -OCH3 is 1. The van der Waals surface area contributed by atoms with Crippen molar-refractivity contribution in [3.63, 3.8) is 0 Å². The van der Waals surface area contributed by atoms with Gasteiger partial charge in [0.05, 0.1) is 13.2 Å². The first-order valence-electron chi connectivity index (χ1n) is 6.84. The molecule has 0 fully saturated rings. The predicted octanol–water partition coefficient (Wildman–Crippen LogP) is 4.04. The van der Waals surface area contributed by atoms with E-state index in [9.17, 15) is 5.11 Å². The van der Waals surface area contributed by atoms with E-state index in [1.165, 1.54) is 0 Å². The van der Waals surface area contributed by atoms with E-state index < -0.39 is 6.10 Å². The van der Waals surface area contributed by atoms with Gasteiger partial charge in [-0.25, -0.2) is 0 Å². The predicted molar refractivity (Wildman–Crippen MR) is 87.2 cm³/mol. The second-order valence-corrected chi connectivity index (χ2v) is 5.42. The highest BCUT2D eigenvalue weighted by atomic mass is 35.5. The zero-order valence-electron chi connectivity index (χ0n) is 12.5. The molecule has 2 rings (SSSR count). The van der Waals surface area contributed by atoms with Crippen LogP contribution in [0.4, 0.5) is 5.69 Å². The van der Waals surface area contributed by atoms with Gasteiger partial charge < -0.3 is 14.7 Å². The van der Waals surface area contributed by atoms with Crippen LogP contribution in [0.3, 0.4) is 0 Å². The molecule has 0 radical (unpaired) electrons. The molecule has 0 aliphatic carbocycles. The minimum atomic E-state index is -0.607. The number of hydrogen-bond donors (Lipinski definition) is 1. The van der Waals surface area contributed by atoms with Crippen molar-refractivity contribution in [1.29, 1.82) is 0 Å². The van der Waals surface area contributed by atoms with Crippen molar-refractivity contribution >= 4 is 17.3 Å². The van der Waals surface area contributed by atoms with E-state index in [1.807, 2.05) is 49.5 Å². The van der Waals surface area contributed by atoms with Gasteiger partial charge in [-0.05, 0) is 30.7 Å². The standard InChI is InChI=1S/C17H20ClNO2/c1-12(20)17-15(9-6-10-16(17)21-3)19(2)11-13-7-4-5-8-14(13)18/h4-10,12,20H,11H2,1-3H3/t12-/m1/s1. The molecule has 0 aliphatic heterocycles. The highest BCUT2D eigenvalue weighted by Crippen LogP contribution is 2.35. The quantitative estimate of drug-likeness (QED) is 0.905. The molecule has 0 aromatic heterocycles. The fraction of sp³-hybridized carbons (Fsp3) is 0.294. The molecule has 4 heteroatoms. The third-order valence-electron chi connectivity index (χ3n) is 3.46. The van der Waals surface area contributed by atoms with Crippen molar-refractivity contribution in [1.82, 2.24) is 0 Å². The number of anilines is 1. The van der Waals surface area contributed by atoms with Crippen molar-refractivity contribution in [2.75, 3.05) is 19.1 Å². The highest BCUT2D eigenvalue weighted by molar-refractivity contribution is 6.31. The normalized spacial score (nSPS) is 12.0. The van der Waals surface area contributed by atoms with Crippen LogP contribution in [0.5, 0.6) is 5.75 Å². The van der Waals surface area contributed by atoms with Crippen LogP contribution in [0.15, 0.2) is 42.5 Å². The van der Waals surface area contributed by atoms with Gasteiger partial charge in [0.25, 0.3) is 0 Å². The zero-order valence-corrected chi connectivity index (χ0v) is 13.3. The van der Waals surface area contributed by atoms with E-state index >= 15 is 0 Å². The summed E-state index contributed by atoms with van der Waals surface area (Å²) >= 11 is 6.22. The van der Waals surface area contributed by atoms with Gasteiger partial charge in [0.2, 0.25) is 0 Å². The molecule has 2 aromatic carbocycles. The minimum absolute atomic E-state index is 0.607. The van der Waals surface area contributed by atoms with Gasteiger partial charge in [-0.15, -0.1) is 0 Å². The van der Waals surface area contributed by atoms with Crippen LogP contribution in [-0.2, 0) is 6.54 Å². The lowest BCUT2D eigenvalue weighted by Crippen LogP contribution is -2.19. The van der Waals surface area contributed by atoms with Gasteiger partial charge in [-0.2, -0.15) is 0 Å². The Morgan fingerprint density at radius 2 is 1.90 bits per heavy atom. The number of aliphatic hydroxyl groups excluding tert-OH is 1. The molecule has 0 unspecified atom stereocenters. The maximum atomic E-state index is 10.1. The Morgan fingerprint density at radius 1 is 1.19 bits per heavy atom. The first-order chi connectivity index (χ1) is 10.0. The molecule has 0 saturated carbocycles. The molecule has 0 spiro atoms. The van der Waals surface area contributed by atoms with Crippen molar-refractivity contribution < 1.29 is 9.84 Å². The largest absolute Gasteiger partial charge is 0.496 e. The van der Waals surface area contributed by atoms with Crippen LogP contribution in [0.2, 0.25) is 5.02 Å². The molecule has 0 heterocycles.